The van der Waals surface area contributed by atoms with Crippen molar-refractivity contribution in [3.63, 3.8) is 0 Å². The Bertz CT molecular complexity index is 423. The largest absolute Gasteiger partial charge is 0.304 e. The predicted octanol–water partition coefficient (Wildman–Crippen LogP) is 1.67. The average molecular weight is 188 g/mol. The molecule has 72 valence electrons. The molecular formula is C11H12N2O. The standard InChI is InChI=1S/C11H12N2O/c12-14-7-5-9-2-1-3-10-8-13-6-4-11(9)10/h1-4,6,8H,5,7,12H2. The van der Waals surface area contributed by atoms with Crippen molar-refractivity contribution in [1.29, 1.82) is 0 Å². The molecule has 0 aliphatic carbocycles. The molecule has 14 heavy (non-hydrogen) atoms. The highest BCUT2D eigenvalue weighted by atomic mass is 16.6. The van der Waals surface area contributed by atoms with Gasteiger partial charge in [0.1, 0.15) is 0 Å². The van der Waals surface area contributed by atoms with Crippen LogP contribution in [0.1, 0.15) is 5.56 Å². The van der Waals surface area contributed by atoms with Crippen molar-refractivity contribution in [2.45, 2.75) is 6.42 Å². The summed E-state index contributed by atoms with van der Waals surface area (Å²) in [7, 11) is 0. The molecule has 0 aliphatic rings. The Labute approximate surface area is 82.5 Å². The minimum Gasteiger partial charge on any atom is -0.304 e. The zero-order chi connectivity index (χ0) is 9.80. The molecular weight excluding hydrogens is 176 g/mol. The number of benzene rings is 1. The Morgan fingerprint density at radius 1 is 1.29 bits per heavy atom. The molecule has 0 saturated carbocycles. The van der Waals surface area contributed by atoms with Crippen LogP contribution in [0.25, 0.3) is 10.8 Å². The molecule has 0 amide bonds. The number of fused-ring (bicyclic) bond motifs is 1. The Balaban J connectivity index is 2.43. The second-order valence-corrected chi connectivity index (χ2v) is 3.13. The topological polar surface area (TPSA) is 48.1 Å². The normalized spacial score (nSPS) is 10.6. The van der Waals surface area contributed by atoms with Crippen molar-refractivity contribution in [3.05, 3.63) is 42.2 Å². The minimum absolute atomic E-state index is 0.543. The van der Waals surface area contributed by atoms with Gasteiger partial charge in [0.05, 0.1) is 6.61 Å². The van der Waals surface area contributed by atoms with Gasteiger partial charge in [0.25, 0.3) is 0 Å². The maximum Gasteiger partial charge on any atom is 0.0719 e. The van der Waals surface area contributed by atoms with E-state index in [1.807, 2.05) is 18.3 Å². The summed E-state index contributed by atoms with van der Waals surface area (Å²) in [6.07, 6.45) is 4.50. The fourth-order valence-electron chi connectivity index (χ4n) is 1.58. The molecule has 0 fully saturated rings. The molecule has 0 saturated heterocycles. The molecule has 1 aromatic carbocycles. The molecule has 3 nitrogen and oxygen atoms in total. The second kappa shape index (κ2) is 4.17. The summed E-state index contributed by atoms with van der Waals surface area (Å²) in [6, 6.07) is 8.17. The Kier molecular flexibility index (Phi) is 2.72. The van der Waals surface area contributed by atoms with Gasteiger partial charge >= 0.3 is 0 Å². The first-order valence-electron chi connectivity index (χ1n) is 4.55. The molecule has 2 N–H and O–H groups in total. The van der Waals surface area contributed by atoms with Crippen molar-refractivity contribution in [3.8, 4) is 0 Å². The molecule has 0 spiro atoms. The van der Waals surface area contributed by atoms with Crippen molar-refractivity contribution in [2.24, 2.45) is 5.90 Å². The van der Waals surface area contributed by atoms with Crippen LogP contribution in [0.15, 0.2) is 36.7 Å². The number of hydrogen-bond donors (Lipinski definition) is 1. The molecule has 0 radical (unpaired) electrons. The fourth-order valence-corrected chi connectivity index (χ4v) is 1.58. The van der Waals surface area contributed by atoms with Crippen molar-refractivity contribution in [1.82, 2.24) is 4.98 Å². The molecule has 2 aromatic rings. The van der Waals surface area contributed by atoms with Crippen LogP contribution < -0.4 is 5.90 Å². The summed E-state index contributed by atoms with van der Waals surface area (Å²) in [5.41, 5.74) is 1.25. The third-order valence-electron chi connectivity index (χ3n) is 2.26. The van der Waals surface area contributed by atoms with E-state index in [1.165, 1.54) is 10.9 Å². The average Bonchev–Trinajstić information content (AvgIpc) is 2.26. The molecule has 3 heteroatoms. The van der Waals surface area contributed by atoms with Gasteiger partial charge in [0.2, 0.25) is 0 Å². The van der Waals surface area contributed by atoms with Gasteiger partial charge in [0, 0.05) is 17.8 Å². The monoisotopic (exact) mass is 188 g/mol. The first-order valence-corrected chi connectivity index (χ1v) is 4.55. The highest BCUT2D eigenvalue weighted by Gasteiger charge is 1.99. The van der Waals surface area contributed by atoms with Crippen LogP contribution in [0.5, 0.6) is 0 Å². The van der Waals surface area contributed by atoms with Crippen LogP contribution in [0.3, 0.4) is 0 Å². The predicted molar refractivity (Wildman–Crippen MR) is 55.6 cm³/mol. The minimum atomic E-state index is 0.543. The van der Waals surface area contributed by atoms with Gasteiger partial charge in [-0.1, -0.05) is 18.2 Å². The molecule has 1 heterocycles. The van der Waals surface area contributed by atoms with E-state index in [9.17, 15) is 0 Å². The number of pyridine rings is 1. The number of nitrogens with zero attached hydrogens (tertiary/aromatic N) is 1. The van der Waals surface area contributed by atoms with E-state index < -0.39 is 0 Å². The smallest absolute Gasteiger partial charge is 0.0719 e. The Hall–Kier alpha value is -1.45. The maximum atomic E-state index is 5.01. The van der Waals surface area contributed by atoms with Crippen LogP contribution in [0, 0.1) is 0 Å². The third-order valence-corrected chi connectivity index (χ3v) is 2.26. The van der Waals surface area contributed by atoms with Crippen molar-refractivity contribution in [2.75, 3.05) is 6.61 Å². The van der Waals surface area contributed by atoms with Gasteiger partial charge in [0.15, 0.2) is 0 Å². The zero-order valence-electron chi connectivity index (χ0n) is 7.81. The third kappa shape index (κ3) is 1.73. The number of nitrogens with two attached hydrogens (primary N) is 1. The quantitative estimate of drug-likeness (QED) is 0.745. The van der Waals surface area contributed by atoms with Crippen LogP contribution in [-0.4, -0.2) is 11.6 Å². The van der Waals surface area contributed by atoms with Gasteiger partial charge in [-0.15, -0.1) is 0 Å². The Morgan fingerprint density at radius 2 is 2.21 bits per heavy atom. The summed E-state index contributed by atoms with van der Waals surface area (Å²) < 4.78 is 0. The van der Waals surface area contributed by atoms with E-state index >= 15 is 0 Å². The highest BCUT2D eigenvalue weighted by molar-refractivity contribution is 5.84. The summed E-state index contributed by atoms with van der Waals surface area (Å²) in [5, 5.41) is 2.38. The Morgan fingerprint density at radius 3 is 3.07 bits per heavy atom. The van der Waals surface area contributed by atoms with E-state index in [0.29, 0.717) is 6.61 Å². The lowest BCUT2D eigenvalue weighted by Crippen LogP contribution is -2.03. The van der Waals surface area contributed by atoms with Crippen LogP contribution >= 0.6 is 0 Å². The summed E-state index contributed by atoms with van der Waals surface area (Å²) in [6.45, 7) is 0.543. The van der Waals surface area contributed by atoms with Gasteiger partial charge < -0.3 is 4.84 Å². The fraction of sp³-hybridized carbons (Fsp3) is 0.182. The molecule has 0 atom stereocenters. The summed E-state index contributed by atoms with van der Waals surface area (Å²) in [4.78, 5) is 8.66. The first-order chi connectivity index (χ1) is 6.92. The summed E-state index contributed by atoms with van der Waals surface area (Å²) >= 11 is 0. The second-order valence-electron chi connectivity index (χ2n) is 3.13. The number of aromatic nitrogens is 1. The van der Waals surface area contributed by atoms with Gasteiger partial charge in [-0.05, 0) is 23.4 Å². The number of hydrogen-bond acceptors (Lipinski definition) is 3. The van der Waals surface area contributed by atoms with E-state index in [4.69, 9.17) is 5.90 Å². The van der Waals surface area contributed by atoms with E-state index in [1.54, 1.807) is 6.20 Å². The van der Waals surface area contributed by atoms with Gasteiger partial charge in [-0.3, -0.25) is 4.98 Å². The lowest BCUT2D eigenvalue weighted by atomic mass is 10.0. The van der Waals surface area contributed by atoms with E-state index in [-0.39, 0.29) is 0 Å². The lowest BCUT2D eigenvalue weighted by molar-refractivity contribution is 0.141. The maximum absolute atomic E-state index is 5.01. The summed E-state index contributed by atoms with van der Waals surface area (Å²) in [5.74, 6) is 5.01. The van der Waals surface area contributed by atoms with Gasteiger partial charge in [-0.25, -0.2) is 5.90 Å². The van der Waals surface area contributed by atoms with Crippen molar-refractivity contribution < 1.29 is 4.84 Å². The first kappa shape index (κ1) is 9.12. The van der Waals surface area contributed by atoms with E-state index in [0.717, 1.165) is 11.8 Å². The van der Waals surface area contributed by atoms with Crippen LogP contribution in [0.4, 0.5) is 0 Å². The van der Waals surface area contributed by atoms with Crippen LogP contribution in [-0.2, 0) is 11.3 Å². The van der Waals surface area contributed by atoms with E-state index in [2.05, 4.69) is 22.0 Å². The molecule has 0 bridgehead atoms. The van der Waals surface area contributed by atoms with Gasteiger partial charge in [-0.2, -0.15) is 0 Å². The molecule has 0 unspecified atom stereocenters. The van der Waals surface area contributed by atoms with Crippen LogP contribution in [0.2, 0.25) is 0 Å². The SMILES string of the molecule is NOCCc1cccc2cnccc12. The zero-order valence-corrected chi connectivity index (χ0v) is 7.81. The highest BCUT2D eigenvalue weighted by Crippen LogP contribution is 2.17. The molecule has 1 aromatic heterocycles. The number of rotatable bonds is 3. The molecule has 2 rings (SSSR count). The molecule has 0 aliphatic heterocycles. The lowest BCUT2D eigenvalue weighted by Gasteiger charge is -2.04. The van der Waals surface area contributed by atoms with Crippen molar-refractivity contribution >= 4 is 10.8 Å².